The van der Waals surface area contributed by atoms with Gasteiger partial charge in [0.15, 0.2) is 0 Å². The number of fused-ring (bicyclic) bond motifs is 2. The van der Waals surface area contributed by atoms with Crippen LogP contribution in [0, 0.1) is 0 Å². The van der Waals surface area contributed by atoms with Crippen molar-refractivity contribution >= 4 is 46.4 Å². The Balaban J connectivity index is 1.47. The molecule has 2 heterocycles. The fourth-order valence-corrected chi connectivity index (χ4v) is 5.67. The molecule has 1 aliphatic carbocycles. The maximum atomic E-state index is 14.0. The number of carbonyl (C=O) groups excluding carboxylic acids is 2. The average molecular weight is 473 g/mol. The van der Waals surface area contributed by atoms with Gasteiger partial charge in [0.05, 0.1) is 22.4 Å². The SMILES string of the molecule is O=C(O)c1cc(N2CCCC2=O)cc(N2C(=O)C3(CC3c3ccc(Cl)cc3)c3ccccc32)c1. The van der Waals surface area contributed by atoms with E-state index in [9.17, 15) is 19.5 Å². The van der Waals surface area contributed by atoms with Crippen molar-refractivity contribution in [1.29, 1.82) is 0 Å². The first-order valence-electron chi connectivity index (χ1n) is 11.3. The number of hydrogen-bond acceptors (Lipinski definition) is 3. The van der Waals surface area contributed by atoms with Crippen molar-refractivity contribution in [2.75, 3.05) is 16.3 Å². The van der Waals surface area contributed by atoms with Crippen molar-refractivity contribution in [2.45, 2.75) is 30.6 Å². The van der Waals surface area contributed by atoms with Crippen molar-refractivity contribution in [3.05, 3.63) is 88.4 Å². The van der Waals surface area contributed by atoms with E-state index in [2.05, 4.69) is 0 Å². The molecule has 2 amide bonds. The number of anilines is 3. The minimum Gasteiger partial charge on any atom is -0.478 e. The first-order valence-corrected chi connectivity index (χ1v) is 11.7. The number of carboxylic acids is 1. The first-order chi connectivity index (χ1) is 16.4. The van der Waals surface area contributed by atoms with Crippen LogP contribution >= 0.6 is 11.6 Å². The van der Waals surface area contributed by atoms with Crippen molar-refractivity contribution < 1.29 is 19.5 Å². The lowest BCUT2D eigenvalue weighted by atomic mass is 9.92. The number of carboxylic acid groups (broad SMARTS) is 1. The van der Waals surface area contributed by atoms with Crippen LogP contribution in [-0.4, -0.2) is 29.4 Å². The lowest BCUT2D eigenvalue weighted by molar-refractivity contribution is -0.119. The van der Waals surface area contributed by atoms with E-state index in [1.54, 1.807) is 15.9 Å². The molecule has 6 rings (SSSR count). The molecule has 1 spiro atoms. The number of amides is 2. The van der Waals surface area contributed by atoms with Crippen LogP contribution in [0.3, 0.4) is 0 Å². The molecule has 3 aromatic rings. The summed E-state index contributed by atoms with van der Waals surface area (Å²) in [4.78, 5) is 41.6. The zero-order valence-electron chi connectivity index (χ0n) is 18.2. The summed E-state index contributed by atoms with van der Waals surface area (Å²) >= 11 is 6.07. The molecule has 1 saturated carbocycles. The number of halogens is 1. The normalized spacial score (nSPS) is 23.0. The number of para-hydroxylation sites is 1. The predicted molar refractivity (Wildman–Crippen MR) is 129 cm³/mol. The Kier molecular flexibility index (Phi) is 4.58. The summed E-state index contributed by atoms with van der Waals surface area (Å²) in [6.07, 6.45) is 1.84. The predicted octanol–water partition coefficient (Wildman–Crippen LogP) is 5.27. The van der Waals surface area contributed by atoms with Gasteiger partial charge in [-0.15, -0.1) is 0 Å². The Morgan fingerprint density at radius 3 is 2.44 bits per heavy atom. The van der Waals surface area contributed by atoms with E-state index >= 15 is 0 Å². The number of aromatic carboxylic acids is 1. The lowest BCUT2D eigenvalue weighted by Crippen LogP contribution is -2.30. The van der Waals surface area contributed by atoms with Gasteiger partial charge < -0.3 is 10.0 Å². The Morgan fingerprint density at radius 1 is 1.00 bits per heavy atom. The van der Waals surface area contributed by atoms with Crippen LogP contribution in [-0.2, 0) is 15.0 Å². The topological polar surface area (TPSA) is 77.9 Å². The Morgan fingerprint density at radius 2 is 1.74 bits per heavy atom. The van der Waals surface area contributed by atoms with E-state index in [1.807, 2.05) is 48.5 Å². The zero-order valence-corrected chi connectivity index (χ0v) is 19.0. The maximum absolute atomic E-state index is 14.0. The van der Waals surface area contributed by atoms with Gasteiger partial charge >= 0.3 is 5.97 Å². The molecule has 2 aliphatic heterocycles. The standard InChI is InChI=1S/C27H21ClN2O4/c28-18-9-7-16(8-10-18)22-15-27(22)21-4-1-2-5-23(21)30(26(27)34)20-13-17(25(32)33)12-19(14-20)29-11-3-6-24(29)31/h1-2,4-5,7-10,12-14,22H,3,6,11,15H2,(H,32,33). The van der Waals surface area contributed by atoms with Gasteiger partial charge in [0, 0.05) is 29.6 Å². The molecule has 34 heavy (non-hydrogen) atoms. The monoisotopic (exact) mass is 472 g/mol. The summed E-state index contributed by atoms with van der Waals surface area (Å²) in [5.41, 5.74) is 3.08. The van der Waals surface area contributed by atoms with Gasteiger partial charge in [-0.2, -0.15) is 0 Å². The number of benzene rings is 3. The second kappa shape index (κ2) is 7.43. The summed E-state index contributed by atoms with van der Waals surface area (Å²) in [6, 6.07) is 20.0. The van der Waals surface area contributed by atoms with Crippen LogP contribution in [0.25, 0.3) is 0 Å². The second-order valence-corrected chi connectivity index (χ2v) is 9.57. The third-order valence-electron chi connectivity index (χ3n) is 7.24. The van der Waals surface area contributed by atoms with Gasteiger partial charge in [-0.05, 0) is 60.4 Å². The fraction of sp³-hybridized carbons (Fsp3) is 0.222. The highest BCUT2D eigenvalue weighted by atomic mass is 35.5. The van der Waals surface area contributed by atoms with Crippen LogP contribution in [0.2, 0.25) is 5.02 Å². The molecule has 0 aromatic heterocycles. The molecule has 1 N–H and O–H groups in total. The Hall–Kier alpha value is -3.64. The highest BCUT2D eigenvalue weighted by Gasteiger charge is 2.67. The van der Waals surface area contributed by atoms with Crippen molar-refractivity contribution in [1.82, 2.24) is 0 Å². The summed E-state index contributed by atoms with van der Waals surface area (Å²) in [6.45, 7) is 0.536. The smallest absolute Gasteiger partial charge is 0.335 e. The van der Waals surface area contributed by atoms with E-state index < -0.39 is 11.4 Å². The number of nitrogens with zero attached hydrogens (tertiary/aromatic N) is 2. The van der Waals surface area contributed by atoms with Crippen molar-refractivity contribution in [3.63, 3.8) is 0 Å². The Labute approximate surface area is 201 Å². The zero-order chi connectivity index (χ0) is 23.6. The minimum atomic E-state index is -1.10. The third-order valence-corrected chi connectivity index (χ3v) is 7.49. The van der Waals surface area contributed by atoms with Gasteiger partial charge in [0.25, 0.3) is 0 Å². The molecular formula is C27H21ClN2O4. The number of rotatable bonds is 4. The van der Waals surface area contributed by atoms with E-state index in [1.165, 1.54) is 12.1 Å². The van der Waals surface area contributed by atoms with Gasteiger partial charge in [0.1, 0.15) is 0 Å². The average Bonchev–Trinajstić information content (AvgIpc) is 3.36. The van der Waals surface area contributed by atoms with Crippen molar-refractivity contribution in [3.8, 4) is 0 Å². The molecular weight excluding hydrogens is 452 g/mol. The van der Waals surface area contributed by atoms with Gasteiger partial charge in [-0.1, -0.05) is 41.9 Å². The Bertz CT molecular complexity index is 1370. The highest BCUT2D eigenvalue weighted by Crippen LogP contribution is 2.67. The van der Waals surface area contributed by atoms with Crippen molar-refractivity contribution in [2.24, 2.45) is 0 Å². The van der Waals surface area contributed by atoms with Gasteiger partial charge in [-0.25, -0.2) is 4.79 Å². The van der Waals surface area contributed by atoms with E-state index in [-0.39, 0.29) is 23.3 Å². The summed E-state index contributed by atoms with van der Waals surface area (Å²) in [5, 5.41) is 10.4. The van der Waals surface area contributed by atoms with Crippen LogP contribution in [0.15, 0.2) is 66.7 Å². The van der Waals surface area contributed by atoms with Gasteiger partial charge in [-0.3, -0.25) is 14.5 Å². The molecule has 0 radical (unpaired) electrons. The molecule has 3 aliphatic rings. The molecule has 170 valence electrons. The van der Waals surface area contributed by atoms with Crippen LogP contribution in [0.5, 0.6) is 0 Å². The molecule has 7 heteroatoms. The quantitative estimate of drug-likeness (QED) is 0.561. The molecule has 2 atom stereocenters. The van der Waals surface area contributed by atoms with Gasteiger partial charge in [0.2, 0.25) is 11.8 Å². The molecule has 3 aromatic carbocycles. The number of carbonyl (C=O) groups is 3. The maximum Gasteiger partial charge on any atom is 0.335 e. The highest BCUT2D eigenvalue weighted by molar-refractivity contribution is 6.30. The molecule has 2 unspecified atom stereocenters. The van der Waals surface area contributed by atoms with Crippen LogP contribution in [0.1, 0.15) is 46.7 Å². The van der Waals surface area contributed by atoms with E-state index in [0.29, 0.717) is 35.8 Å². The first kappa shape index (κ1) is 20.9. The third kappa shape index (κ3) is 2.98. The van der Waals surface area contributed by atoms with Crippen LogP contribution in [0.4, 0.5) is 17.1 Å². The summed E-state index contributed by atoms with van der Waals surface area (Å²) in [5.74, 6) is -1.20. The second-order valence-electron chi connectivity index (χ2n) is 9.13. The van der Waals surface area contributed by atoms with E-state index in [0.717, 1.165) is 23.2 Å². The summed E-state index contributed by atoms with van der Waals surface area (Å²) < 4.78 is 0. The molecule has 0 bridgehead atoms. The minimum absolute atomic E-state index is 0.0192. The molecule has 2 fully saturated rings. The fourth-order valence-electron chi connectivity index (χ4n) is 5.55. The number of hydrogen-bond donors (Lipinski definition) is 1. The largest absolute Gasteiger partial charge is 0.478 e. The molecule has 6 nitrogen and oxygen atoms in total. The van der Waals surface area contributed by atoms with E-state index in [4.69, 9.17) is 11.6 Å². The lowest BCUT2D eigenvalue weighted by Gasteiger charge is -2.23. The summed E-state index contributed by atoms with van der Waals surface area (Å²) in [7, 11) is 0. The molecule has 1 saturated heterocycles. The van der Waals surface area contributed by atoms with Crippen LogP contribution < -0.4 is 9.80 Å².